The van der Waals surface area contributed by atoms with E-state index in [1.807, 2.05) is 40.6 Å². The SMILES string of the molecule is CC1CN(C2CCN(C(=O)c3ccc(C4SCCS4)cc3)CC2)CCO1. The first-order valence-corrected chi connectivity index (χ1v) is 11.8. The van der Waals surface area contributed by atoms with Crippen molar-refractivity contribution in [2.75, 3.05) is 44.3 Å². The summed E-state index contributed by atoms with van der Waals surface area (Å²) in [5.41, 5.74) is 2.18. The molecule has 1 unspecified atom stereocenters. The van der Waals surface area contributed by atoms with Crippen LogP contribution in [0.25, 0.3) is 0 Å². The lowest BCUT2D eigenvalue weighted by atomic mass is 10.0. The maximum absolute atomic E-state index is 12.8. The summed E-state index contributed by atoms with van der Waals surface area (Å²) in [6, 6.07) is 8.93. The number of ether oxygens (including phenoxy) is 1. The van der Waals surface area contributed by atoms with Gasteiger partial charge in [0.1, 0.15) is 0 Å². The lowest BCUT2D eigenvalue weighted by Crippen LogP contribution is -2.51. The predicted octanol–water partition coefficient (Wildman–Crippen LogP) is 3.49. The molecular formula is C20H28N2O2S2. The lowest BCUT2D eigenvalue weighted by molar-refractivity contribution is -0.0423. The van der Waals surface area contributed by atoms with Crippen LogP contribution in [0.15, 0.2) is 24.3 Å². The Morgan fingerprint density at radius 2 is 1.77 bits per heavy atom. The van der Waals surface area contributed by atoms with E-state index in [4.69, 9.17) is 4.74 Å². The van der Waals surface area contributed by atoms with E-state index in [1.54, 1.807) is 0 Å². The molecule has 0 N–H and O–H groups in total. The van der Waals surface area contributed by atoms with Crippen LogP contribution >= 0.6 is 23.5 Å². The molecule has 0 radical (unpaired) electrons. The average molecular weight is 393 g/mol. The van der Waals surface area contributed by atoms with Gasteiger partial charge >= 0.3 is 0 Å². The number of amides is 1. The number of nitrogens with zero attached hydrogens (tertiary/aromatic N) is 2. The van der Waals surface area contributed by atoms with E-state index < -0.39 is 0 Å². The first kappa shape index (κ1) is 18.7. The zero-order chi connectivity index (χ0) is 17.9. The van der Waals surface area contributed by atoms with Crippen LogP contribution in [0.4, 0.5) is 0 Å². The molecule has 3 saturated heterocycles. The fourth-order valence-electron chi connectivity index (χ4n) is 4.13. The van der Waals surface area contributed by atoms with Crippen molar-refractivity contribution >= 4 is 29.4 Å². The second-order valence-electron chi connectivity index (χ2n) is 7.40. The molecule has 6 heteroatoms. The molecule has 0 spiro atoms. The van der Waals surface area contributed by atoms with Gasteiger partial charge in [-0.2, -0.15) is 0 Å². The molecule has 3 heterocycles. The summed E-state index contributed by atoms with van der Waals surface area (Å²) in [6.45, 7) is 6.77. The zero-order valence-corrected chi connectivity index (χ0v) is 17.1. The molecule has 4 rings (SSSR count). The van der Waals surface area contributed by atoms with Gasteiger partial charge in [0.05, 0.1) is 17.3 Å². The number of likely N-dealkylation sites (tertiary alicyclic amines) is 1. The van der Waals surface area contributed by atoms with E-state index in [0.29, 0.717) is 16.7 Å². The summed E-state index contributed by atoms with van der Waals surface area (Å²) >= 11 is 4.01. The highest BCUT2D eigenvalue weighted by Gasteiger charge is 2.30. The third kappa shape index (κ3) is 4.24. The predicted molar refractivity (Wildman–Crippen MR) is 110 cm³/mol. The fraction of sp³-hybridized carbons (Fsp3) is 0.650. The molecule has 26 heavy (non-hydrogen) atoms. The van der Waals surface area contributed by atoms with Gasteiger partial charge in [0, 0.05) is 49.3 Å². The Balaban J connectivity index is 1.31. The Morgan fingerprint density at radius 3 is 2.42 bits per heavy atom. The van der Waals surface area contributed by atoms with E-state index in [1.165, 1.54) is 17.1 Å². The van der Waals surface area contributed by atoms with Gasteiger partial charge < -0.3 is 9.64 Å². The monoisotopic (exact) mass is 392 g/mol. The Hall–Kier alpha value is -0.690. The largest absolute Gasteiger partial charge is 0.376 e. The van der Waals surface area contributed by atoms with E-state index in [2.05, 4.69) is 24.0 Å². The third-order valence-corrected chi connectivity index (χ3v) is 8.70. The first-order valence-electron chi connectivity index (χ1n) is 9.69. The van der Waals surface area contributed by atoms with Crippen LogP contribution in [0.5, 0.6) is 0 Å². The molecule has 3 fully saturated rings. The van der Waals surface area contributed by atoms with Crippen LogP contribution in [-0.4, -0.2) is 72.1 Å². The maximum atomic E-state index is 12.8. The minimum absolute atomic E-state index is 0.192. The van der Waals surface area contributed by atoms with Crippen molar-refractivity contribution in [1.29, 1.82) is 0 Å². The summed E-state index contributed by atoms with van der Waals surface area (Å²) in [5, 5.41) is 0. The Kier molecular flexibility index (Phi) is 6.14. The van der Waals surface area contributed by atoms with Gasteiger partial charge in [-0.15, -0.1) is 23.5 Å². The van der Waals surface area contributed by atoms with Gasteiger partial charge in [-0.3, -0.25) is 9.69 Å². The van der Waals surface area contributed by atoms with Crippen molar-refractivity contribution in [3.05, 3.63) is 35.4 Å². The summed E-state index contributed by atoms with van der Waals surface area (Å²) in [6.07, 6.45) is 2.48. The molecule has 3 aliphatic heterocycles. The van der Waals surface area contributed by atoms with Crippen molar-refractivity contribution < 1.29 is 9.53 Å². The third-order valence-electron chi connectivity index (χ3n) is 5.59. The summed E-state index contributed by atoms with van der Waals surface area (Å²) in [5.74, 6) is 2.65. The van der Waals surface area contributed by atoms with Crippen molar-refractivity contribution in [1.82, 2.24) is 9.80 Å². The van der Waals surface area contributed by atoms with Crippen LogP contribution in [-0.2, 0) is 4.74 Å². The van der Waals surface area contributed by atoms with Crippen LogP contribution in [0.3, 0.4) is 0 Å². The van der Waals surface area contributed by atoms with Crippen LogP contribution in [0.2, 0.25) is 0 Å². The molecule has 1 atom stereocenters. The molecule has 3 aliphatic rings. The van der Waals surface area contributed by atoms with Gasteiger partial charge in [0.25, 0.3) is 5.91 Å². The van der Waals surface area contributed by atoms with Gasteiger partial charge in [-0.05, 0) is 37.5 Å². The number of carbonyl (C=O) groups is 1. The number of morpholine rings is 1. The van der Waals surface area contributed by atoms with Crippen LogP contribution in [0, 0.1) is 0 Å². The normalized spacial score (nSPS) is 26.3. The number of piperidine rings is 1. The van der Waals surface area contributed by atoms with Crippen molar-refractivity contribution in [2.24, 2.45) is 0 Å². The first-order chi connectivity index (χ1) is 12.7. The molecule has 0 saturated carbocycles. The molecule has 1 aromatic carbocycles. The Morgan fingerprint density at radius 1 is 1.08 bits per heavy atom. The molecule has 0 bridgehead atoms. The highest BCUT2D eigenvalue weighted by Crippen LogP contribution is 2.45. The second kappa shape index (κ2) is 8.55. The van der Waals surface area contributed by atoms with Gasteiger partial charge in [0.2, 0.25) is 0 Å². The molecule has 4 nitrogen and oxygen atoms in total. The number of hydrogen-bond donors (Lipinski definition) is 0. The molecule has 0 aromatic heterocycles. The highest BCUT2D eigenvalue weighted by atomic mass is 32.2. The molecule has 142 valence electrons. The van der Waals surface area contributed by atoms with E-state index in [-0.39, 0.29) is 5.91 Å². The minimum Gasteiger partial charge on any atom is -0.376 e. The van der Waals surface area contributed by atoms with Crippen molar-refractivity contribution in [3.8, 4) is 0 Å². The number of rotatable bonds is 3. The lowest BCUT2D eigenvalue weighted by Gasteiger charge is -2.41. The molecule has 0 aliphatic carbocycles. The summed E-state index contributed by atoms with van der Waals surface area (Å²) in [7, 11) is 0. The van der Waals surface area contributed by atoms with Gasteiger partial charge in [0.15, 0.2) is 0 Å². The van der Waals surface area contributed by atoms with Crippen molar-refractivity contribution in [2.45, 2.75) is 36.5 Å². The molecule has 1 aromatic rings. The number of hydrogen-bond acceptors (Lipinski definition) is 5. The van der Waals surface area contributed by atoms with Crippen LogP contribution < -0.4 is 0 Å². The van der Waals surface area contributed by atoms with Crippen molar-refractivity contribution in [3.63, 3.8) is 0 Å². The maximum Gasteiger partial charge on any atom is 0.253 e. The quantitative estimate of drug-likeness (QED) is 0.786. The Labute approximate surface area is 165 Å². The fourth-order valence-corrected chi connectivity index (χ4v) is 6.99. The second-order valence-corrected chi connectivity index (χ2v) is 10.1. The molecule has 1 amide bonds. The number of carbonyl (C=O) groups excluding carboxylic acids is 1. The summed E-state index contributed by atoms with van der Waals surface area (Å²) in [4.78, 5) is 17.4. The van der Waals surface area contributed by atoms with E-state index >= 15 is 0 Å². The topological polar surface area (TPSA) is 32.8 Å². The van der Waals surface area contributed by atoms with Gasteiger partial charge in [-0.1, -0.05) is 12.1 Å². The van der Waals surface area contributed by atoms with Crippen LogP contribution in [0.1, 0.15) is 40.3 Å². The number of thioether (sulfide) groups is 2. The molecular weight excluding hydrogens is 364 g/mol. The average Bonchev–Trinajstić information content (AvgIpc) is 3.23. The highest BCUT2D eigenvalue weighted by molar-refractivity contribution is 8.19. The zero-order valence-electron chi connectivity index (χ0n) is 15.4. The van der Waals surface area contributed by atoms with E-state index in [9.17, 15) is 4.79 Å². The standard InChI is InChI=1S/C20H28N2O2S2/c1-15-14-22(10-11-24-15)18-6-8-21(9-7-18)19(23)16-2-4-17(5-3-16)20-25-12-13-26-20/h2-5,15,18,20H,6-14H2,1H3. The Bertz CT molecular complexity index is 611. The van der Waals surface area contributed by atoms with Gasteiger partial charge in [-0.25, -0.2) is 0 Å². The smallest absolute Gasteiger partial charge is 0.253 e. The minimum atomic E-state index is 0.192. The number of benzene rings is 1. The summed E-state index contributed by atoms with van der Waals surface area (Å²) < 4.78 is 6.20. The van der Waals surface area contributed by atoms with E-state index in [0.717, 1.165) is 51.2 Å².